The molecule has 0 aliphatic heterocycles. The number of non-ortho nitro benzene ring substituents is 1. The van der Waals surface area contributed by atoms with Gasteiger partial charge in [-0.3, -0.25) is 10.1 Å². The maximum absolute atomic E-state index is 10.6. The minimum atomic E-state index is -0.612. The molecule has 2 aromatic rings. The topological polar surface area (TPSA) is 85.5 Å². The number of pyridine rings is 1. The van der Waals surface area contributed by atoms with Crippen molar-refractivity contribution in [3.05, 3.63) is 57.2 Å². The summed E-state index contributed by atoms with van der Waals surface area (Å²) < 4.78 is 5.43. The molecule has 1 N–H and O–H groups in total. The van der Waals surface area contributed by atoms with E-state index >= 15 is 0 Å². The molecular formula is C13H11ClN2O4. The first-order valence-corrected chi connectivity index (χ1v) is 6.11. The summed E-state index contributed by atoms with van der Waals surface area (Å²) >= 11 is 5.91. The molecule has 104 valence electrons. The Bertz CT molecular complexity index is 629. The summed E-state index contributed by atoms with van der Waals surface area (Å²) in [6, 6.07) is 7.17. The predicted molar refractivity (Wildman–Crippen MR) is 73.1 cm³/mol. The second-order valence-electron chi connectivity index (χ2n) is 4.08. The normalized spacial score (nSPS) is 11.9. The van der Waals surface area contributed by atoms with Crippen molar-refractivity contribution in [2.75, 3.05) is 0 Å². The molecule has 20 heavy (non-hydrogen) atoms. The lowest BCUT2D eigenvalue weighted by Gasteiger charge is -2.08. The summed E-state index contributed by atoms with van der Waals surface area (Å²) in [6.45, 7) is 1.63. The van der Waals surface area contributed by atoms with Gasteiger partial charge in [-0.2, -0.15) is 0 Å². The zero-order valence-corrected chi connectivity index (χ0v) is 11.2. The summed E-state index contributed by atoms with van der Waals surface area (Å²) in [6.07, 6.45) is 0.874. The Kier molecular flexibility index (Phi) is 4.16. The zero-order chi connectivity index (χ0) is 14.7. The quantitative estimate of drug-likeness (QED) is 0.689. The van der Waals surface area contributed by atoms with E-state index in [1.807, 2.05) is 0 Å². The molecule has 0 amide bonds. The Balaban J connectivity index is 2.19. The zero-order valence-electron chi connectivity index (χ0n) is 10.5. The van der Waals surface area contributed by atoms with Gasteiger partial charge in [-0.25, -0.2) is 4.98 Å². The van der Waals surface area contributed by atoms with E-state index in [-0.39, 0.29) is 22.3 Å². The lowest BCUT2D eigenvalue weighted by Crippen LogP contribution is -1.94. The number of nitro groups is 1. The van der Waals surface area contributed by atoms with Crippen LogP contribution >= 0.6 is 11.6 Å². The maximum Gasteiger partial charge on any atom is 0.271 e. The first-order chi connectivity index (χ1) is 9.47. The minimum Gasteiger partial charge on any atom is -0.437 e. The van der Waals surface area contributed by atoms with Crippen LogP contribution in [0.2, 0.25) is 5.02 Å². The van der Waals surface area contributed by atoms with Crippen LogP contribution in [-0.2, 0) is 0 Å². The third kappa shape index (κ3) is 3.23. The first kappa shape index (κ1) is 14.2. The van der Waals surface area contributed by atoms with Crippen molar-refractivity contribution in [2.24, 2.45) is 0 Å². The molecule has 1 unspecified atom stereocenters. The van der Waals surface area contributed by atoms with Crippen molar-refractivity contribution < 1.29 is 14.8 Å². The van der Waals surface area contributed by atoms with Crippen molar-refractivity contribution >= 4 is 17.3 Å². The van der Waals surface area contributed by atoms with Crippen molar-refractivity contribution in [3.63, 3.8) is 0 Å². The van der Waals surface area contributed by atoms with Gasteiger partial charge in [-0.15, -0.1) is 0 Å². The van der Waals surface area contributed by atoms with Crippen molar-refractivity contribution in [1.82, 2.24) is 4.98 Å². The number of ether oxygens (including phenoxy) is 1. The molecule has 0 saturated heterocycles. The fourth-order valence-electron chi connectivity index (χ4n) is 1.50. The molecule has 1 aromatic heterocycles. The van der Waals surface area contributed by atoms with Crippen LogP contribution in [0, 0.1) is 10.1 Å². The SMILES string of the molecule is CC(O)c1ccc(Oc2ccc([N+](=O)[O-])cc2Cl)nc1. The highest BCUT2D eigenvalue weighted by atomic mass is 35.5. The van der Waals surface area contributed by atoms with Crippen LogP contribution in [0.25, 0.3) is 0 Å². The molecule has 0 saturated carbocycles. The third-order valence-electron chi connectivity index (χ3n) is 2.58. The molecule has 1 aromatic carbocycles. The largest absolute Gasteiger partial charge is 0.437 e. The number of halogens is 1. The highest BCUT2D eigenvalue weighted by Gasteiger charge is 2.11. The van der Waals surface area contributed by atoms with Crippen LogP contribution in [0.5, 0.6) is 11.6 Å². The number of hydrogen-bond donors (Lipinski definition) is 1. The lowest BCUT2D eigenvalue weighted by atomic mass is 10.2. The van der Waals surface area contributed by atoms with Gasteiger partial charge in [0.25, 0.3) is 5.69 Å². The van der Waals surface area contributed by atoms with Crippen LogP contribution < -0.4 is 4.74 Å². The minimum absolute atomic E-state index is 0.111. The molecule has 2 rings (SSSR count). The van der Waals surface area contributed by atoms with Crippen LogP contribution in [-0.4, -0.2) is 15.0 Å². The van der Waals surface area contributed by atoms with Gasteiger partial charge in [0.15, 0.2) is 0 Å². The fourth-order valence-corrected chi connectivity index (χ4v) is 1.71. The van der Waals surface area contributed by atoms with Gasteiger partial charge in [-0.05, 0) is 24.6 Å². The average Bonchev–Trinajstić information content (AvgIpc) is 2.41. The second-order valence-corrected chi connectivity index (χ2v) is 4.49. The summed E-state index contributed by atoms with van der Waals surface area (Å²) in [7, 11) is 0. The third-order valence-corrected chi connectivity index (χ3v) is 2.88. The lowest BCUT2D eigenvalue weighted by molar-refractivity contribution is -0.384. The molecule has 0 bridgehead atoms. The van der Waals surface area contributed by atoms with E-state index in [1.165, 1.54) is 24.4 Å². The van der Waals surface area contributed by atoms with Crippen molar-refractivity contribution in [2.45, 2.75) is 13.0 Å². The van der Waals surface area contributed by atoms with E-state index < -0.39 is 11.0 Å². The highest BCUT2D eigenvalue weighted by Crippen LogP contribution is 2.31. The molecule has 1 atom stereocenters. The number of aromatic nitrogens is 1. The van der Waals surface area contributed by atoms with Gasteiger partial charge in [0.05, 0.1) is 16.0 Å². The summed E-state index contributed by atoms with van der Waals surface area (Å²) in [5, 5.41) is 20.1. The summed E-state index contributed by atoms with van der Waals surface area (Å²) in [4.78, 5) is 14.1. The Hall–Kier alpha value is -2.18. The fraction of sp³-hybridized carbons (Fsp3) is 0.154. The molecule has 0 fully saturated rings. The molecule has 0 aliphatic rings. The van der Waals surface area contributed by atoms with E-state index in [0.29, 0.717) is 5.56 Å². The number of nitrogens with zero attached hydrogens (tertiary/aromatic N) is 2. The van der Waals surface area contributed by atoms with E-state index in [4.69, 9.17) is 16.3 Å². The van der Waals surface area contributed by atoms with E-state index in [9.17, 15) is 15.2 Å². The van der Waals surface area contributed by atoms with Crippen LogP contribution in [0.4, 0.5) is 5.69 Å². The smallest absolute Gasteiger partial charge is 0.271 e. The second kappa shape index (κ2) is 5.85. The Morgan fingerprint density at radius 1 is 1.40 bits per heavy atom. The Morgan fingerprint density at radius 2 is 2.15 bits per heavy atom. The van der Waals surface area contributed by atoms with E-state index in [1.54, 1.807) is 19.1 Å². The van der Waals surface area contributed by atoms with Crippen molar-refractivity contribution in [3.8, 4) is 11.6 Å². The number of hydrogen-bond acceptors (Lipinski definition) is 5. The summed E-state index contributed by atoms with van der Waals surface area (Å²) in [5.41, 5.74) is 0.548. The van der Waals surface area contributed by atoms with E-state index in [2.05, 4.69) is 4.98 Å². The van der Waals surface area contributed by atoms with Gasteiger partial charge in [0, 0.05) is 24.4 Å². The molecular weight excluding hydrogens is 284 g/mol. The average molecular weight is 295 g/mol. The number of nitro benzene ring substituents is 1. The van der Waals surface area contributed by atoms with Crippen LogP contribution in [0.1, 0.15) is 18.6 Å². The molecule has 0 spiro atoms. The molecule has 0 radical (unpaired) electrons. The van der Waals surface area contributed by atoms with Gasteiger partial charge in [0.2, 0.25) is 5.88 Å². The Labute approximate surface area is 119 Å². The monoisotopic (exact) mass is 294 g/mol. The van der Waals surface area contributed by atoms with Gasteiger partial charge in [0.1, 0.15) is 5.75 Å². The summed E-state index contributed by atoms with van der Waals surface area (Å²) in [5.74, 6) is 0.555. The molecule has 6 nitrogen and oxygen atoms in total. The molecule has 0 aliphatic carbocycles. The van der Waals surface area contributed by atoms with Gasteiger partial charge >= 0.3 is 0 Å². The molecule has 7 heteroatoms. The van der Waals surface area contributed by atoms with Crippen molar-refractivity contribution in [1.29, 1.82) is 0 Å². The maximum atomic E-state index is 10.6. The first-order valence-electron chi connectivity index (χ1n) is 5.73. The molecule has 1 heterocycles. The number of aliphatic hydroxyl groups excluding tert-OH is 1. The number of aliphatic hydroxyl groups is 1. The van der Waals surface area contributed by atoms with Crippen LogP contribution in [0.15, 0.2) is 36.5 Å². The standard InChI is InChI=1S/C13H11ClN2O4/c1-8(17)9-2-5-13(15-7-9)20-12-4-3-10(16(18)19)6-11(12)14/h2-8,17H,1H3. The van der Waals surface area contributed by atoms with Gasteiger partial charge in [-0.1, -0.05) is 11.6 Å². The number of benzene rings is 1. The highest BCUT2D eigenvalue weighted by molar-refractivity contribution is 6.32. The van der Waals surface area contributed by atoms with E-state index in [0.717, 1.165) is 0 Å². The predicted octanol–water partition coefficient (Wildman–Crippen LogP) is 3.49. The number of rotatable bonds is 4. The van der Waals surface area contributed by atoms with Crippen LogP contribution in [0.3, 0.4) is 0 Å². The van der Waals surface area contributed by atoms with Gasteiger partial charge < -0.3 is 9.84 Å². The Morgan fingerprint density at radius 3 is 2.65 bits per heavy atom.